The van der Waals surface area contributed by atoms with Crippen molar-refractivity contribution in [2.75, 3.05) is 31.8 Å². The Kier molecular flexibility index (Phi) is 4.73. The molecular formula is C14H21NO5S. The number of sulfone groups is 1. The van der Waals surface area contributed by atoms with Crippen molar-refractivity contribution in [2.45, 2.75) is 26.3 Å². The molecule has 118 valence electrons. The highest BCUT2D eigenvalue weighted by Crippen LogP contribution is 2.23. The molecule has 1 atom stereocenters. The van der Waals surface area contributed by atoms with Crippen LogP contribution in [-0.2, 0) is 14.6 Å². The number of rotatable bonds is 5. The number of methoxy groups -OCH3 is 1. The maximum absolute atomic E-state index is 12.8. The minimum atomic E-state index is -3.05. The molecule has 21 heavy (non-hydrogen) atoms. The third-order valence-corrected chi connectivity index (χ3v) is 5.57. The number of aryl methyl sites for hydroxylation is 2. The Morgan fingerprint density at radius 2 is 2.19 bits per heavy atom. The van der Waals surface area contributed by atoms with E-state index in [2.05, 4.69) is 0 Å². The summed E-state index contributed by atoms with van der Waals surface area (Å²) in [7, 11) is -1.49. The van der Waals surface area contributed by atoms with E-state index in [0.717, 1.165) is 5.56 Å². The molecule has 1 aliphatic rings. The summed E-state index contributed by atoms with van der Waals surface area (Å²) in [5.74, 6) is 0.537. The zero-order valence-electron chi connectivity index (χ0n) is 12.6. The van der Waals surface area contributed by atoms with Gasteiger partial charge in [-0.05, 0) is 20.3 Å². The van der Waals surface area contributed by atoms with Crippen LogP contribution in [0.15, 0.2) is 10.7 Å². The van der Waals surface area contributed by atoms with Gasteiger partial charge >= 0.3 is 0 Å². The maximum Gasteiger partial charge on any atom is 0.258 e. The minimum absolute atomic E-state index is 0.0262. The molecule has 0 radical (unpaired) electrons. The van der Waals surface area contributed by atoms with E-state index < -0.39 is 9.84 Å². The van der Waals surface area contributed by atoms with E-state index >= 15 is 0 Å². The van der Waals surface area contributed by atoms with Crippen molar-refractivity contribution in [2.24, 2.45) is 0 Å². The first-order valence-electron chi connectivity index (χ1n) is 6.90. The number of carbonyl (C=O) groups is 1. The number of hydrogen-bond acceptors (Lipinski definition) is 5. The Balaban J connectivity index is 2.26. The van der Waals surface area contributed by atoms with Crippen molar-refractivity contribution >= 4 is 15.7 Å². The zero-order valence-corrected chi connectivity index (χ0v) is 13.4. The van der Waals surface area contributed by atoms with Crippen molar-refractivity contribution in [3.8, 4) is 0 Å². The predicted molar refractivity (Wildman–Crippen MR) is 78.2 cm³/mol. The molecule has 1 unspecified atom stereocenters. The molecule has 0 aromatic carbocycles. The summed E-state index contributed by atoms with van der Waals surface area (Å²) in [5.41, 5.74) is 1.29. The van der Waals surface area contributed by atoms with Gasteiger partial charge in [-0.2, -0.15) is 0 Å². The molecule has 0 bridgehead atoms. The van der Waals surface area contributed by atoms with Gasteiger partial charge in [0.15, 0.2) is 9.84 Å². The molecular weight excluding hydrogens is 294 g/mol. The first kappa shape index (κ1) is 16.0. The fraction of sp³-hybridized carbons (Fsp3) is 0.643. The smallest absolute Gasteiger partial charge is 0.258 e. The lowest BCUT2D eigenvalue weighted by Crippen LogP contribution is -2.43. The molecule has 0 aliphatic carbocycles. The molecule has 6 nitrogen and oxygen atoms in total. The molecule has 0 N–H and O–H groups in total. The second-order valence-corrected chi connectivity index (χ2v) is 7.63. The SMILES string of the molecule is COCCN(C(=O)c1c(C)coc1C)C1CCS(=O)(=O)C1. The molecule has 1 amide bonds. The number of carbonyl (C=O) groups excluding carboxylic acids is 1. The fourth-order valence-electron chi connectivity index (χ4n) is 2.70. The number of amides is 1. The second kappa shape index (κ2) is 6.19. The average Bonchev–Trinajstić information content (AvgIpc) is 2.93. The van der Waals surface area contributed by atoms with Crippen LogP contribution in [0, 0.1) is 13.8 Å². The largest absolute Gasteiger partial charge is 0.469 e. The highest BCUT2D eigenvalue weighted by atomic mass is 32.2. The van der Waals surface area contributed by atoms with Gasteiger partial charge in [-0.25, -0.2) is 8.42 Å². The number of ether oxygens (including phenoxy) is 1. The Morgan fingerprint density at radius 1 is 1.48 bits per heavy atom. The van der Waals surface area contributed by atoms with Crippen LogP contribution < -0.4 is 0 Å². The Hall–Kier alpha value is -1.34. The van der Waals surface area contributed by atoms with Crippen LogP contribution in [0.4, 0.5) is 0 Å². The average molecular weight is 315 g/mol. The predicted octanol–water partition coefficient (Wildman–Crippen LogP) is 1.17. The molecule has 1 aromatic rings. The van der Waals surface area contributed by atoms with Gasteiger partial charge in [-0.3, -0.25) is 4.79 Å². The summed E-state index contributed by atoms with van der Waals surface area (Å²) in [5, 5.41) is 0. The van der Waals surface area contributed by atoms with Gasteiger partial charge in [0.2, 0.25) is 0 Å². The summed E-state index contributed by atoms with van der Waals surface area (Å²) in [6, 6.07) is -0.286. The Labute approximate surface area is 125 Å². The molecule has 1 saturated heterocycles. The van der Waals surface area contributed by atoms with Crippen LogP contribution in [-0.4, -0.2) is 57.0 Å². The lowest BCUT2D eigenvalue weighted by Gasteiger charge is -2.28. The normalized spacial score (nSPS) is 20.6. The van der Waals surface area contributed by atoms with Gasteiger partial charge in [0.1, 0.15) is 5.76 Å². The van der Waals surface area contributed by atoms with Crippen molar-refractivity contribution in [3.63, 3.8) is 0 Å². The summed E-state index contributed by atoms with van der Waals surface area (Å²) in [6.45, 7) is 4.29. The maximum atomic E-state index is 12.8. The summed E-state index contributed by atoms with van der Waals surface area (Å²) < 4.78 is 33.7. The monoisotopic (exact) mass is 315 g/mol. The molecule has 7 heteroatoms. The van der Waals surface area contributed by atoms with Gasteiger partial charge in [0.25, 0.3) is 5.91 Å². The zero-order chi connectivity index (χ0) is 15.6. The summed E-state index contributed by atoms with van der Waals surface area (Å²) >= 11 is 0. The highest BCUT2D eigenvalue weighted by Gasteiger charge is 2.36. The van der Waals surface area contributed by atoms with E-state index in [0.29, 0.717) is 30.9 Å². The van der Waals surface area contributed by atoms with E-state index in [1.165, 1.54) is 0 Å². The van der Waals surface area contributed by atoms with E-state index in [4.69, 9.17) is 9.15 Å². The molecule has 0 saturated carbocycles. The standard InChI is InChI=1S/C14H21NO5S/c1-10-8-20-11(2)13(10)14(16)15(5-6-19-3)12-4-7-21(17,18)9-12/h8,12H,4-7,9H2,1-3H3. The number of nitrogens with zero attached hydrogens (tertiary/aromatic N) is 1. The minimum Gasteiger partial charge on any atom is -0.469 e. The van der Waals surface area contributed by atoms with Gasteiger partial charge in [-0.1, -0.05) is 0 Å². The molecule has 1 aliphatic heterocycles. The third-order valence-electron chi connectivity index (χ3n) is 3.82. The Morgan fingerprint density at radius 3 is 2.67 bits per heavy atom. The Bertz CT molecular complexity index is 600. The topological polar surface area (TPSA) is 76.8 Å². The highest BCUT2D eigenvalue weighted by molar-refractivity contribution is 7.91. The summed E-state index contributed by atoms with van der Waals surface area (Å²) in [6.07, 6.45) is 2.02. The van der Waals surface area contributed by atoms with Crippen LogP contribution in [0.3, 0.4) is 0 Å². The van der Waals surface area contributed by atoms with Gasteiger partial charge in [0.05, 0.1) is 29.9 Å². The molecule has 1 aromatic heterocycles. The fourth-order valence-corrected chi connectivity index (χ4v) is 4.43. The summed E-state index contributed by atoms with van der Waals surface area (Å²) in [4.78, 5) is 14.4. The van der Waals surface area contributed by atoms with Crippen LogP contribution in [0.2, 0.25) is 0 Å². The first-order chi connectivity index (χ1) is 9.85. The lowest BCUT2D eigenvalue weighted by molar-refractivity contribution is 0.0622. The van der Waals surface area contributed by atoms with E-state index in [-0.39, 0.29) is 23.5 Å². The van der Waals surface area contributed by atoms with Crippen molar-refractivity contribution in [1.29, 1.82) is 0 Å². The van der Waals surface area contributed by atoms with Crippen LogP contribution in [0.1, 0.15) is 28.1 Å². The van der Waals surface area contributed by atoms with Gasteiger partial charge in [0, 0.05) is 25.3 Å². The first-order valence-corrected chi connectivity index (χ1v) is 8.73. The van der Waals surface area contributed by atoms with E-state index in [1.807, 2.05) is 6.92 Å². The van der Waals surface area contributed by atoms with Crippen molar-refractivity contribution in [1.82, 2.24) is 4.90 Å². The van der Waals surface area contributed by atoms with E-state index in [9.17, 15) is 13.2 Å². The third kappa shape index (κ3) is 3.47. The van der Waals surface area contributed by atoms with Gasteiger partial charge < -0.3 is 14.1 Å². The van der Waals surface area contributed by atoms with Crippen molar-refractivity contribution < 1.29 is 22.4 Å². The van der Waals surface area contributed by atoms with Crippen LogP contribution in [0.25, 0.3) is 0 Å². The van der Waals surface area contributed by atoms with Crippen molar-refractivity contribution in [3.05, 3.63) is 23.2 Å². The number of furan rings is 1. The molecule has 2 rings (SSSR count). The van der Waals surface area contributed by atoms with Crippen LogP contribution >= 0.6 is 0 Å². The van der Waals surface area contributed by atoms with Gasteiger partial charge in [-0.15, -0.1) is 0 Å². The quantitative estimate of drug-likeness (QED) is 0.815. The van der Waals surface area contributed by atoms with Crippen LogP contribution in [0.5, 0.6) is 0 Å². The lowest BCUT2D eigenvalue weighted by atomic mass is 10.1. The number of hydrogen-bond donors (Lipinski definition) is 0. The molecule has 0 spiro atoms. The molecule has 2 heterocycles. The van der Waals surface area contributed by atoms with E-state index in [1.54, 1.807) is 25.2 Å². The molecule has 1 fully saturated rings. The second-order valence-electron chi connectivity index (χ2n) is 5.40.